The predicted octanol–water partition coefficient (Wildman–Crippen LogP) is 3.98. The number of benzene rings is 1. The van der Waals surface area contributed by atoms with Crippen LogP contribution in [0.4, 0.5) is 23.7 Å². The molecule has 4 rings (SSSR count). The van der Waals surface area contributed by atoms with E-state index in [0.717, 1.165) is 31.7 Å². The predicted molar refractivity (Wildman–Crippen MR) is 125 cm³/mol. The average Bonchev–Trinajstić information content (AvgIpc) is 3.46. The van der Waals surface area contributed by atoms with Gasteiger partial charge in [0.1, 0.15) is 6.04 Å². The lowest BCUT2D eigenvalue weighted by Gasteiger charge is -2.40. The van der Waals surface area contributed by atoms with Gasteiger partial charge in [-0.3, -0.25) is 4.79 Å². The lowest BCUT2D eigenvalue weighted by molar-refractivity contribution is -0.137. The molecule has 3 aliphatic rings. The Hall–Kier alpha value is -2.96. The van der Waals surface area contributed by atoms with E-state index in [0.29, 0.717) is 44.6 Å². The van der Waals surface area contributed by atoms with Crippen LogP contribution in [0.2, 0.25) is 0 Å². The summed E-state index contributed by atoms with van der Waals surface area (Å²) < 4.78 is 40.3. The first-order valence-electron chi connectivity index (χ1n) is 12.2. The molecule has 1 N–H and O–H groups in total. The van der Waals surface area contributed by atoms with Crippen molar-refractivity contribution in [3.8, 4) is 6.07 Å². The highest BCUT2D eigenvalue weighted by atomic mass is 19.4. The number of nitrogens with one attached hydrogen (secondary N) is 1. The number of rotatable bonds is 3. The lowest BCUT2D eigenvalue weighted by atomic mass is 9.76. The Balaban J connectivity index is 1.49. The molecule has 0 aromatic heterocycles. The molecular weight excluding hydrogens is 459 g/mol. The van der Waals surface area contributed by atoms with Crippen molar-refractivity contribution in [2.45, 2.75) is 63.2 Å². The molecule has 1 saturated carbocycles. The molecule has 2 heterocycles. The molecule has 3 amide bonds. The first-order chi connectivity index (χ1) is 16.5. The number of nitrogens with zero attached hydrogens (tertiary/aromatic N) is 4. The number of amides is 3. The van der Waals surface area contributed by atoms with Crippen molar-refractivity contribution in [3.05, 3.63) is 29.3 Å². The number of hydrogen-bond acceptors (Lipinski definition) is 4. The number of urea groups is 1. The van der Waals surface area contributed by atoms with Crippen molar-refractivity contribution in [1.29, 1.82) is 5.26 Å². The standard InChI is InChI=1S/C25H32F3N5O2/c1-31(2)22(34)21-14-24(16-33(21)23(35)30-18-5-3-4-6-18)9-11-32(12-10-24)19-8-7-17(15-29)20(13-19)25(26,27)28/h7-8,13,18,21H,3-6,9-12,14,16H2,1-2H3,(H,30,35). The van der Waals surface area contributed by atoms with E-state index in [9.17, 15) is 22.8 Å². The molecular formula is C25H32F3N5O2. The Morgan fingerprint density at radius 3 is 2.40 bits per heavy atom. The molecule has 1 aromatic rings. The number of likely N-dealkylation sites (N-methyl/N-ethyl adjacent to an activating group) is 1. The SMILES string of the molecule is CN(C)C(=O)C1CC2(CCN(c3ccc(C#N)c(C(F)(F)F)c3)CC2)CN1C(=O)NC1CCCC1. The van der Waals surface area contributed by atoms with Crippen LogP contribution in [0.3, 0.4) is 0 Å². The first-order valence-corrected chi connectivity index (χ1v) is 12.2. The summed E-state index contributed by atoms with van der Waals surface area (Å²) in [5.74, 6) is -0.104. The molecule has 1 aromatic carbocycles. The van der Waals surface area contributed by atoms with Crippen LogP contribution in [0.5, 0.6) is 0 Å². The molecule has 190 valence electrons. The van der Waals surface area contributed by atoms with Gasteiger partial charge in [0.15, 0.2) is 0 Å². The highest BCUT2D eigenvalue weighted by molar-refractivity contribution is 5.87. The second-order valence-electron chi connectivity index (χ2n) is 10.3. The van der Waals surface area contributed by atoms with E-state index >= 15 is 0 Å². The van der Waals surface area contributed by atoms with Crippen LogP contribution in [-0.4, -0.2) is 67.6 Å². The molecule has 1 atom stereocenters. The van der Waals surface area contributed by atoms with Crippen molar-refractivity contribution < 1.29 is 22.8 Å². The number of hydrogen-bond donors (Lipinski definition) is 1. The molecule has 1 spiro atoms. The zero-order valence-corrected chi connectivity index (χ0v) is 20.2. The molecule has 0 bridgehead atoms. The van der Waals surface area contributed by atoms with E-state index in [1.807, 2.05) is 4.90 Å². The fourth-order valence-electron chi connectivity index (χ4n) is 5.78. The van der Waals surface area contributed by atoms with Crippen LogP contribution in [0.25, 0.3) is 0 Å². The van der Waals surface area contributed by atoms with Crippen molar-refractivity contribution in [2.75, 3.05) is 38.6 Å². The van der Waals surface area contributed by atoms with E-state index in [-0.39, 0.29) is 29.0 Å². The van der Waals surface area contributed by atoms with Gasteiger partial charge in [-0.15, -0.1) is 0 Å². The van der Waals surface area contributed by atoms with Crippen molar-refractivity contribution >= 4 is 17.6 Å². The van der Waals surface area contributed by atoms with Gasteiger partial charge in [0, 0.05) is 45.5 Å². The van der Waals surface area contributed by atoms with Gasteiger partial charge in [0.25, 0.3) is 0 Å². The number of likely N-dealkylation sites (tertiary alicyclic amines) is 1. The maximum Gasteiger partial charge on any atom is 0.417 e. The number of carbonyl (C=O) groups is 2. The van der Waals surface area contributed by atoms with Gasteiger partial charge >= 0.3 is 12.2 Å². The quantitative estimate of drug-likeness (QED) is 0.694. The van der Waals surface area contributed by atoms with Crippen LogP contribution in [0, 0.1) is 16.7 Å². The molecule has 1 aliphatic carbocycles. The summed E-state index contributed by atoms with van der Waals surface area (Å²) in [6.45, 7) is 1.50. The van der Waals surface area contributed by atoms with E-state index in [4.69, 9.17) is 5.26 Å². The number of piperidine rings is 1. The van der Waals surface area contributed by atoms with Crippen LogP contribution in [0.1, 0.15) is 56.1 Å². The van der Waals surface area contributed by atoms with Crippen LogP contribution < -0.4 is 10.2 Å². The molecule has 10 heteroatoms. The topological polar surface area (TPSA) is 79.7 Å². The molecule has 7 nitrogen and oxygen atoms in total. The Morgan fingerprint density at radius 1 is 1.17 bits per heavy atom. The highest BCUT2D eigenvalue weighted by Gasteiger charge is 2.50. The van der Waals surface area contributed by atoms with Gasteiger partial charge in [0.2, 0.25) is 5.91 Å². The second kappa shape index (κ2) is 9.59. The smallest absolute Gasteiger partial charge is 0.371 e. The summed E-state index contributed by atoms with van der Waals surface area (Å²) >= 11 is 0. The number of carbonyl (C=O) groups excluding carboxylic acids is 2. The Kier molecular flexibility index (Phi) is 6.89. The highest BCUT2D eigenvalue weighted by Crippen LogP contribution is 2.45. The Labute approximate surface area is 203 Å². The maximum absolute atomic E-state index is 13.4. The average molecular weight is 492 g/mol. The minimum atomic E-state index is -4.60. The normalized spacial score (nSPS) is 22.3. The largest absolute Gasteiger partial charge is 0.417 e. The first kappa shape index (κ1) is 25.1. The summed E-state index contributed by atoms with van der Waals surface area (Å²) in [5.41, 5.74) is -1.13. The molecule has 0 radical (unpaired) electrons. The minimum absolute atomic E-state index is 0.104. The van der Waals surface area contributed by atoms with E-state index in [1.165, 1.54) is 11.0 Å². The summed E-state index contributed by atoms with van der Waals surface area (Å²) in [5, 5.41) is 12.2. The summed E-state index contributed by atoms with van der Waals surface area (Å²) in [6.07, 6.45) is 1.38. The van der Waals surface area contributed by atoms with E-state index in [1.54, 1.807) is 31.1 Å². The monoisotopic (exact) mass is 491 g/mol. The van der Waals surface area contributed by atoms with Crippen LogP contribution >= 0.6 is 0 Å². The third kappa shape index (κ3) is 5.19. The van der Waals surface area contributed by atoms with Gasteiger partial charge in [-0.1, -0.05) is 12.8 Å². The Bertz CT molecular complexity index is 1010. The number of anilines is 1. The minimum Gasteiger partial charge on any atom is -0.371 e. The maximum atomic E-state index is 13.4. The zero-order chi connectivity index (χ0) is 25.4. The van der Waals surface area contributed by atoms with Gasteiger partial charge in [0.05, 0.1) is 17.2 Å². The van der Waals surface area contributed by atoms with Gasteiger partial charge < -0.3 is 20.0 Å². The molecule has 35 heavy (non-hydrogen) atoms. The summed E-state index contributed by atoms with van der Waals surface area (Å²) in [7, 11) is 3.37. The molecule has 3 fully saturated rings. The summed E-state index contributed by atoms with van der Waals surface area (Å²) in [4.78, 5) is 31.2. The van der Waals surface area contributed by atoms with Crippen molar-refractivity contribution in [1.82, 2.24) is 15.1 Å². The molecule has 2 saturated heterocycles. The van der Waals surface area contributed by atoms with Gasteiger partial charge in [-0.2, -0.15) is 18.4 Å². The fraction of sp³-hybridized carbons (Fsp3) is 0.640. The number of nitriles is 1. The van der Waals surface area contributed by atoms with E-state index < -0.39 is 17.8 Å². The lowest BCUT2D eigenvalue weighted by Crippen LogP contribution is -2.51. The van der Waals surface area contributed by atoms with Crippen LogP contribution in [0.15, 0.2) is 18.2 Å². The third-order valence-corrected chi connectivity index (χ3v) is 7.80. The number of halogens is 3. The second-order valence-corrected chi connectivity index (χ2v) is 10.3. The third-order valence-electron chi connectivity index (χ3n) is 7.80. The molecule has 1 unspecified atom stereocenters. The van der Waals surface area contributed by atoms with Crippen molar-refractivity contribution in [2.24, 2.45) is 5.41 Å². The van der Waals surface area contributed by atoms with Gasteiger partial charge in [-0.25, -0.2) is 4.79 Å². The fourth-order valence-corrected chi connectivity index (χ4v) is 5.78. The van der Waals surface area contributed by atoms with E-state index in [2.05, 4.69) is 5.32 Å². The Morgan fingerprint density at radius 2 is 1.83 bits per heavy atom. The zero-order valence-electron chi connectivity index (χ0n) is 20.2. The molecule has 2 aliphatic heterocycles. The number of alkyl halides is 3. The van der Waals surface area contributed by atoms with Crippen molar-refractivity contribution in [3.63, 3.8) is 0 Å². The van der Waals surface area contributed by atoms with Crippen LogP contribution in [-0.2, 0) is 11.0 Å². The van der Waals surface area contributed by atoms with Gasteiger partial charge in [-0.05, 0) is 55.7 Å². The summed E-state index contributed by atoms with van der Waals surface area (Å²) in [6, 6.07) is 4.86.